The zero-order chi connectivity index (χ0) is 12.4. The summed E-state index contributed by atoms with van der Waals surface area (Å²) in [5, 5.41) is 2.93. The number of rotatable bonds is 8. The SMILES string of the molecule is CCCCNC(=O)N(CCOC)CC(C)C. The normalized spacial score (nSPS) is 10.6. The van der Waals surface area contributed by atoms with E-state index in [0.717, 1.165) is 25.9 Å². The van der Waals surface area contributed by atoms with Gasteiger partial charge in [0.15, 0.2) is 0 Å². The number of unbranched alkanes of at least 4 members (excludes halogenated alkanes) is 1. The van der Waals surface area contributed by atoms with Crippen LogP contribution in [-0.4, -0.2) is 44.3 Å². The zero-order valence-electron chi connectivity index (χ0n) is 11.1. The number of hydrogen-bond acceptors (Lipinski definition) is 2. The van der Waals surface area contributed by atoms with Crippen molar-refractivity contribution >= 4 is 6.03 Å². The molecule has 0 aromatic rings. The smallest absolute Gasteiger partial charge is 0.317 e. The van der Waals surface area contributed by atoms with Crippen LogP contribution >= 0.6 is 0 Å². The molecule has 0 aliphatic carbocycles. The molecule has 96 valence electrons. The second-order valence-corrected chi connectivity index (χ2v) is 4.42. The molecule has 2 amide bonds. The molecule has 0 aliphatic rings. The summed E-state index contributed by atoms with van der Waals surface area (Å²) >= 11 is 0. The Bertz CT molecular complexity index is 184. The molecule has 0 bridgehead atoms. The van der Waals surface area contributed by atoms with E-state index in [1.165, 1.54) is 0 Å². The van der Waals surface area contributed by atoms with Crippen molar-refractivity contribution in [1.82, 2.24) is 10.2 Å². The molecule has 0 aliphatic heterocycles. The standard InChI is InChI=1S/C12H26N2O2/c1-5-6-7-13-12(15)14(8-9-16-4)10-11(2)3/h11H,5-10H2,1-4H3,(H,13,15). The quantitative estimate of drug-likeness (QED) is 0.649. The highest BCUT2D eigenvalue weighted by atomic mass is 16.5. The Kier molecular flexibility index (Phi) is 9.00. The highest BCUT2D eigenvalue weighted by Gasteiger charge is 2.13. The van der Waals surface area contributed by atoms with Crippen LogP contribution in [-0.2, 0) is 4.74 Å². The predicted octanol–water partition coefficient (Wildman–Crippen LogP) is 2.10. The maximum absolute atomic E-state index is 11.8. The minimum Gasteiger partial charge on any atom is -0.383 e. The van der Waals surface area contributed by atoms with Crippen molar-refractivity contribution in [2.75, 3.05) is 33.4 Å². The number of nitrogens with zero attached hydrogens (tertiary/aromatic N) is 1. The van der Waals surface area contributed by atoms with Crippen LogP contribution in [0, 0.1) is 5.92 Å². The van der Waals surface area contributed by atoms with Gasteiger partial charge in [-0.05, 0) is 12.3 Å². The van der Waals surface area contributed by atoms with Gasteiger partial charge in [-0.1, -0.05) is 27.2 Å². The Hall–Kier alpha value is -0.770. The molecule has 0 atom stereocenters. The van der Waals surface area contributed by atoms with Crippen molar-refractivity contribution < 1.29 is 9.53 Å². The van der Waals surface area contributed by atoms with Gasteiger partial charge in [-0.2, -0.15) is 0 Å². The highest BCUT2D eigenvalue weighted by molar-refractivity contribution is 5.74. The van der Waals surface area contributed by atoms with E-state index >= 15 is 0 Å². The molecule has 0 heterocycles. The molecular formula is C12H26N2O2. The molecule has 0 aromatic heterocycles. The molecule has 4 nitrogen and oxygen atoms in total. The summed E-state index contributed by atoms with van der Waals surface area (Å²) in [6, 6.07) is 0.0270. The minimum atomic E-state index is 0.0270. The summed E-state index contributed by atoms with van der Waals surface area (Å²) in [6.45, 7) is 9.13. The number of urea groups is 1. The van der Waals surface area contributed by atoms with E-state index in [2.05, 4.69) is 26.1 Å². The van der Waals surface area contributed by atoms with Crippen molar-refractivity contribution in [3.05, 3.63) is 0 Å². The van der Waals surface area contributed by atoms with Gasteiger partial charge in [0.05, 0.1) is 6.61 Å². The van der Waals surface area contributed by atoms with Gasteiger partial charge >= 0.3 is 6.03 Å². The Morgan fingerprint density at radius 2 is 2.12 bits per heavy atom. The third-order valence-electron chi connectivity index (χ3n) is 2.24. The molecule has 0 spiro atoms. The van der Waals surface area contributed by atoms with Gasteiger partial charge in [-0.15, -0.1) is 0 Å². The Labute approximate surface area is 99.3 Å². The molecule has 0 unspecified atom stereocenters. The lowest BCUT2D eigenvalue weighted by Gasteiger charge is -2.24. The van der Waals surface area contributed by atoms with Crippen LogP contribution in [0.15, 0.2) is 0 Å². The van der Waals surface area contributed by atoms with E-state index < -0.39 is 0 Å². The minimum absolute atomic E-state index is 0.0270. The molecule has 0 rings (SSSR count). The molecule has 1 N–H and O–H groups in total. The fourth-order valence-corrected chi connectivity index (χ4v) is 1.40. The van der Waals surface area contributed by atoms with Gasteiger partial charge in [-0.3, -0.25) is 0 Å². The molecule has 0 fully saturated rings. The number of methoxy groups -OCH3 is 1. The van der Waals surface area contributed by atoms with Crippen LogP contribution in [0.4, 0.5) is 4.79 Å². The molecule has 0 saturated carbocycles. The monoisotopic (exact) mass is 230 g/mol. The van der Waals surface area contributed by atoms with E-state index in [-0.39, 0.29) is 6.03 Å². The first-order valence-corrected chi connectivity index (χ1v) is 6.13. The summed E-state index contributed by atoms with van der Waals surface area (Å²) in [7, 11) is 1.66. The predicted molar refractivity (Wildman–Crippen MR) is 66.6 cm³/mol. The molecule has 0 radical (unpaired) electrons. The lowest BCUT2D eigenvalue weighted by Crippen LogP contribution is -2.43. The first-order valence-electron chi connectivity index (χ1n) is 6.13. The van der Waals surface area contributed by atoms with Crippen LogP contribution < -0.4 is 5.32 Å². The van der Waals surface area contributed by atoms with Gasteiger partial charge < -0.3 is 15.0 Å². The number of carbonyl (C=O) groups is 1. The van der Waals surface area contributed by atoms with Gasteiger partial charge in [0.25, 0.3) is 0 Å². The van der Waals surface area contributed by atoms with Gasteiger partial charge in [0.2, 0.25) is 0 Å². The van der Waals surface area contributed by atoms with Crippen molar-refractivity contribution in [3.63, 3.8) is 0 Å². The number of hydrogen-bond donors (Lipinski definition) is 1. The third kappa shape index (κ3) is 7.51. The maximum atomic E-state index is 11.8. The number of ether oxygens (including phenoxy) is 1. The van der Waals surface area contributed by atoms with Gasteiger partial charge in [-0.25, -0.2) is 4.79 Å². The first kappa shape index (κ1) is 15.2. The summed E-state index contributed by atoms with van der Waals surface area (Å²) in [4.78, 5) is 13.6. The fraction of sp³-hybridized carbons (Fsp3) is 0.917. The Morgan fingerprint density at radius 1 is 1.44 bits per heavy atom. The van der Waals surface area contributed by atoms with Crippen LogP contribution in [0.5, 0.6) is 0 Å². The number of nitrogens with one attached hydrogen (secondary N) is 1. The summed E-state index contributed by atoms with van der Waals surface area (Å²) in [5.41, 5.74) is 0. The fourth-order valence-electron chi connectivity index (χ4n) is 1.40. The first-order chi connectivity index (χ1) is 7.61. The molecule has 0 saturated heterocycles. The van der Waals surface area contributed by atoms with Crippen molar-refractivity contribution in [2.45, 2.75) is 33.6 Å². The van der Waals surface area contributed by atoms with Gasteiger partial charge in [0.1, 0.15) is 0 Å². The van der Waals surface area contributed by atoms with E-state index in [9.17, 15) is 4.79 Å². The van der Waals surface area contributed by atoms with Crippen LogP contribution in [0.3, 0.4) is 0 Å². The Morgan fingerprint density at radius 3 is 2.62 bits per heavy atom. The molecule has 0 aromatic carbocycles. The third-order valence-corrected chi connectivity index (χ3v) is 2.24. The summed E-state index contributed by atoms with van der Waals surface area (Å²) < 4.78 is 5.01. The van der Waals surface area contributed by atoms with E-state index in [1.54, 1.807) is 7.11 Å². The average molecular weight is 230 g/mol. The Balaban J connectivity index is 3.99. The van der Waals surface area contributed by atoms with Crippen LogP contribution in [0.2, 0.25) is 0 Å². The molecule has 4 heteroatoms. The maximum Gasteiger partial charge on any atom is 0.317 e. The van der Waals surface area contributed by atoms with Crippen LogP contribution in [0.1, 0.15) is 33.6 Å². The van der Waals surface area contributed by atoms with E-state index in [0.29, 0.717) is 19.1 Å². The van der Waals surface area contributed by atoms with Crippen molar-refractivity contribution in [1.29, 1.82) is 0 Å². The second-order valence-electron chi connectivity index (χ2n) is 4.42. The largest absolute Gasteiger partial charge is 0.383 e. The average Bonchev–Trinajstić information content (AvgIpc) is 2.23. The van der Waals surface area contributed by atoms with Gasteiger partial charge in [0, 0.05) is 26.7 Å². The topological polar surface area (TPSA) is 41.6 Å². The number of carbonyl (C=O) groups excluding carboxylic acids is 1. The lowest BCUT2D eigenvalue weighted by molar-refractivity contribution is 0.143. The zero-order valence-corrected chi connectivity index (χ0v) is 11.1. The van der Waals surface area contributed by atoms with E-state index in [4.69, 9.17) is 4.74 Å². The van der Waals surface area contributed by atoms with Crippen molar-refractivity contribution in [3.8, 4) is 0 Å². The summed E-state index contributed by atoms with van der Waals surface area (Å²) in [6.07, 6.45) is 2.13. The lowest BCUT2D eigenvalue weighted by atomic mass is 10.2. The molecular weight excluding hydrogens is 204 g/mol. The highest BCUT2D eigenvalue weighted by Crippen LogP contribution is 1.99. The second kappa shape index (κ2) is 9.46. The van der Waals surface area contributed by atoms with Crippen LogP contribution in [0.25, 0.3) is 0 Å². The van der Waals surface area contributed by atoms with E-state index in [1.807, 2.05) is 4.90 Å². The molecule has 16 heavy (non-hydrogen) atoms. The number of amides is 2. The van der Waals surface area contributed by atoms with Crippen molar-refractivity contribution in [2.24, 2.45) is 5.92 Å². The summed E-state index contributed by atoms with van der Waals surface area (Å²) in [5.74, 6) is 0.480.